The first-order valence-corrected chi connectivity index (χ1v) is 3.17. The molecule has 0 spiro atoms. The molecule has 5 heteroatoms. The van der Waals surface area contributed by atoms with E-state index in [9.17, 15) is 9.59 Å². The van der Waals surface area contributed by atoms with Crippen molar-refractivity contribution < 1.29 is 14.7 Å². The third-order valence-electron chi connectivity index (χ3n) is 0.914. The molecule has 0 heterocycles. The van der Waals surface area contributed by atoms with Crippen molar-refractivity contribution in [3.63, 3.8) is 0 Å². The van der Waals surface area contributed by atoms with Crippen molar-refractivity contribution in [2.75, 3.05) is 5.88 Å². The number of carbonyl (C=O) groups excluding carboxylic acids is 1. The maximum atomic E-state index is 10.5. The fourth-order valence-corrected chi connectivity index (χ4v) is 0.496. The first-order chi connectivity index (χ1) is 4.57. The van der Waals surface area contributed by atoms with Gasteiger partial charge < -0.3 is 10.8 Å². The highest BCUT2D eigenvalue weighted by atomic mass is 35.5. The average Bonchev–Trinajstić information content (AvgIpc) is 1.87. The van der Waals surface area contributed by atoms with Gasteiger partial charge in [-0.2, -0.15) is 0 Å². The zero-order valence-electron chi connectivity index (χ0n) is 5.21. The molecule has 0 unspecified atom stereocenters. The Labute approximate surface area is 63.0 Å². The molecule has 0 rings (SSSR count). The summed E-state index contributed by atoms with van der Waals surface area (Å²) in [6, 6.07) is -1.12. The molecule has 3 N–H and O–H groups in total. The number of carboxylic acids is 1. The van der Waals surface area contributed by atoms with Crippen LogP contribution in [0, 0.1) is 0 Å². The first-order valence-electron chi connectivity index (χ1n) is 2.64. The normalized spacial score (nSPS) is 12.6. The monoisotopic (exact) mass is 165 g/mol. The Morgan fingerprint density at radius 2 is 2.10 bits per heavy atom. The minimum atomic E-state index is -1.18. The summed E-state index contributed by atoms with van der Waals surface area (Å²) in [6.07, 6.45) is -0.196. The summed E-state index contributed by atoms with van der Waals surface area (Å²) in [5, 5.41) is 8.21. The number of halogens is 1. The highest BCUT2D eigenvalue weighted by Crippen LogP contribution is 1.91. The number of hydrogen-bond acceptors (Lipinski definition) is 3. The molecule has 0 aromatic carbocycles. The highest BCUT2D eigenvalue weighted by Gasteiger charge is 2.14. The van der Waals surface area contributed by atoms with E-state index in [1.54, 1.807) is 0 Å². The van der Waals surface area contributed by atoms with Gasteiger partial charge in [-0.1, -0.05) is 0 Å². The zero-order chi connectivity index (χ0) is 8.15. The third-order valence-corrected chi connectivity index (χ3v) is 1.21. The number of carbonyl (C=O) groups is 2. The summed E-state index contributed by atoms with van der Waals surface area (Å²) >= 11 is 5.10. The molecule has 0 saturated carbocycles. The molecule has 0 bridgehead atoms. The van der Waals surface area contributed by atoms with Crippen LogP contribution in [-0.4, -0.2) is 28.8 Å². The Bertz CT molecular complexity index is 148. The smallest absolute Gasteiger partial charge is 0.320 e. The van der Waals surface area contributed by atoms with Crippen LogP contribution < -0.4 is 5.73 Å². The van der Waals surface area contributed by atoms with E-state index in [0.29, 0.717) is 0 Å². The van der Waals surface area contributed by atoms with Gasteiger partial charge in [-0.15, -0.1) is 11.6 Å². The van der Waals surface area contributed by atoms with E-state index in [0.717, 1.165) is 0 Å². The van der Waals surface area contributed by atoms with Crippen molar-refractivity contribution in [1.29, 1.82) is 0 Å². The molecule has 0 aliphatic heterocycles. The van der Waals surface area contributed by atoms with E-state index < -0.39 is 12.0 Å². The highest BCUT2D eigenvalue weighted by molar-refractivity contribution is 6.27. The van der Waals surface area contributed by atoms with Crippen LogP contribution in [0.2, 0.25) is 0 Å². The molecular formula is C5H8ClNO3. The molecule has 10 heavy (non-hydrogen) atoms. The van der Waals surface area contributed by atoms with Gasteiger partial charge in [0.25, 0.3) is 0 Å². The number of ketones is 1. The van der Waals surface area contributed by atoms with E-state index >= 15 is 0 Å². The largest absolute Gasteiger partial charge is 0.480 e. The van der Waals surface area contributed by atoms with Crippen molar-refractivity contribution in [2.24, 2.45) is 5.73 Å². The molecule has 0 fully saturated rings. The van der Waals surface area contributed by atoms with Crippen molar-refractivity contribution in [3.8, 4) is 0 Å². The lowest BCUT2D eigenvalue weighted by molar-refractivity contribution is -0.140. The molecule has 0 aromatic rings. The lowest BCUT2D eigenvalue weighted by atomic mass is 10.2. The fourth-order valence-electron chi connectivity index (χ4n) is 0.387. The molecule has 1 atom stereocenters. The van der Waals surface area contributed by atoms with E-state index in [-0.39, 0.29) is 18.1 Å². The Kier molecular flexibility index (Phi) is 3.99. The van der Waals surface area contributed by atoms with E-state index in [2.05, 4.69) is 0 Å². The molecule has 0 radical (unpaired) electrons. The van der Waals surface area contributed by atoms with Crippen LogP contribution in [0.15, 0.2) is 0 Å². The molecule has 4 nitrogen and oxygen atoms in total. The Morgan fingerprint density at radius 3 is 2.40 bits per heavy atom. The van der Waals surface area contributed by atoms with Gasteiger partial charge in [0.05, 0.1) is 5.88 Å². The minimum absolute atomic E-state index is 0.180. The lowest BCUT2D eigenvalue weighted by Crippen LogP contribution is -2.32. The quantitative estimate of drug-likeness (QED) is 0.556. The summed E-state index contributed by atoms with van der Waals surface area (Å²) in [5.74, 6) is -1.71. The van der Waals surface area contributed by atoms with E-state index in [4.69, 9.17) is 22.4 Å². The van der Waals surface area contributed by atoms with Crippen LogP contribution in [0.25, 0.3) is 0 Å². The van der Waals surface area contributed by atoms with Gasteiger partial charge in [0.2, 0.25) is 0 Å². The average molecular weight is 166 g/mol. The summed E-state index contributed by atoms with van der Waals surface area (Å²) in [6.45, 7) is 0. The third kappa shape index (κ3) is 3.42. The molecule has 0 saturated heterocycles. The lowest BCUT2D eigenvalue weighted by Gasteiger charge is -2.01. The van der Waals surface area contributed by atoms with Gasteiger partial charge in [-0.25, -0.2) is 0 Å². The molecule has 0 amide bonds. The minimum Gasteiger partial charge on any atom is -0.480 e. The second kappa shape index (κ2) is 4.24. The van der Waals surface area contributed by atoms with Crippen LogP contribution in [0.4, 0.5) is 0 Å². The summed E-state index contributed by atoms with van der Waals surface area (Å²) < 4.78 is 0. The van der Waals surface area contributed by atoms with Crippen LogP contribution in [0.1, 0.15) is 6.42 Å². The number of aliphatic carboxylic acids is 1. The Balaban J connectivity index is 3.68. The standard InChI is InChI=1S/C5H8ClNO3/c6-2-3(8)1-4(7)5(9)10/h4H,1-2,7H2,(H,9,10)/t4-/m0/s1. The maximum absolute atomic E-state index is 10.5. The topological polar surface area (TPSA) is 80.4 Å². The van der Waals surface area contributed by atoms with Crippen molar-refractivity contribution >= 4 is 23.4 Å². The first kappa shape index (κ1) is 9.39. The Morgan fingerprint density at radius 1 is 1.60 bits per heavy atom. The Hall–Kier alpha value is -0.610. The van der Waals surface area contributed by atoms with Gasteiger partial charge in [0.15, 0.2) is 0 Å². The number of hydrogen-bond donors (Lipinski definition) is 2. The second-order valence-electron chi connectivity index (χ2n) is 1.82. The maximum Gasteiger partial charge on any atom is 0.320 e. The predicted molar refractivity (Wildman–Crippen MR) is 36.0 cm³/mol. The SMILES string of the molecule is N[C@@H](CC(=O)CCl)C(=O)O. The zero-order valence-corrected chi connectivity index (χ0v) is 5.97. The number of rotatable bonds is 4. The molecule has 58 valence electrons. The number of nitrogens with two attached hydrogens (primary N) is 1. The summed E-state index contributed by atoms with van der Waals surface area (Å²) in [5.41, 5.74) is 5.01. The van der Waals surface area contributed by atoms with Gasteiger partial charge in [0, 0.05) is 6.42 Å². The fraction of sp³-hybridized carbons (Fsp3) is 0.600. The molecule has 0 aliphatic rings. The van der Waals surface area contributed by atoms with Crippen molar-refractivity contribution in [3.05, 3.63) is 0 Å². The van der Waals surface area contributed by atoms with Crippen LogP contribution in [0.3, 0.4) is 0 Å². The predicted octanol–water partition coefficient (Wildman–Crippen LogP) is -0.404. The van der Waals surface area contributed by atoms with E-state index in [1.807, 2.05) is 0 Å². The molecular weight excluding hydrogens is 158 g/mol. The van der Waals surface area contributed by atoms with Crippen molar-refractivity contribution in [2.45, 2.75) is 12.5 Å². The number of carboxylic acid groups (broad SMARTS) is 1. The molecule has 0 aromatic heterocycles. The van der Waals surface area contributed by atoms with Crippen molar-refractivity contribution in [1.82, 2.24) is 0 Å². The van der Waals surface area contributed by atoms with Crippen LogP contribution in [-0.2, 0) is 9.59 Å². The number of Topliss-reactive ketones (excluding diaryl/α,β-unsaturated/α-hetero) is 1. The second-order valence-corrected chi connectivity index (χ2v) is 2.09. The van der Waals surface area contributed by atoms with E-state index in [1.165, 1.54) is 0 Å². The van der Waals surface area contributed by atoms with Gasteiger partial charge in [0.1, 0.15) is 11.8 Å². The summed E-state index contributed by atoms with van der Waals surface area (Å²) in [4.78, 5) is 20.5. The summed E-state index contributed by atoms with van der Waals surface area (Å²) in [7, 11) is 0. The van der Waals surface area contributed by atoms with Crippen LogP contribution >= 0.6 is 11.6 Å². The van der Waals surface area contributed by atoms with Gasteiger partial charge in [-0.3, -0.25) is 9.59 Å². The van der Waals surface area contributed by atoms with Crippen LogP contribution in [0.5, 0.6) is 0 Å². The number of alkyl halides is 1. The van der Waals surface area contributed by atoms with Gasteiger partial charge in [-0.05, 0) is 0 Å². The van der Waals surface area contributed by atoms with Gasteiger partial charge >= 0.3 is 5.97 Å². The molecule has 0 aliphatic carbocycles.